The molecular weight excluding hydrogens is 977 g/mol. The van der Waals surface area contributed by atoms with Crippen LogP contribution in [0.2, 0.25) is 0 Å². The number of aryl methyl sites for hydroxylation is 2. The van der Waals surface area contributed by atoms with Gasteiger partial charge in [-0.25, -0.2) is 9.83 Å². The zero-order valence-corrected chi connectivity index (χ0v) is 44.3. The van der Waals surface area contributed by atoms with E-state index in [1.54, 1.807) is 70.8 Å². The number of ether oxygens (including phenoxy) is 2. The van der Waals surface area contributed by atoms with E-state index in [1.807, 2.05) is 95.3 Å². The van der Waals surface area contributed by atoms with Gasteiger partial charge in [-0.15, -0.1) is 11.3 Å². The number of thiocarbonyl (C=S) groups is 1. The lowest BCUT2D eigenvalue weighted by molar-refractivity contribution is -0.142. The summed E-state index contributed by atoms with van der Waals surface area (Å²) in [5.74, 6) is -1.05. The fourth-order valence-electron chi connectivity index (χ4n) is 9.59. The number of nitrogens with one attached hydrogen (secondary N) is 2. The van der Waals surface area contributed by atoms with Crippen LogP contribution in [0.25, 0.3) is 15.3 Å². The van der Waals surface area contributed by atoms with Gasteiger partial charge in [0.1, 0.15) is 30.0 Å². The molecule has 3 saturated heterocycles. The number of aliphatic hydroxyl groups excluding tert-OH is 1. The standard InChI is InChI=1S/C56H62N8O8S2/c1-34-29-41(19-22-45(34)57-8)63-53(70)56(6,7)64(54(63)73)40-17-13-39(14-18-40)51(68)61-25-23-44(24-26-61)72-28-27-71-43-20-15-38(16-21-43)49(66)60-48(55(3,4)5)52(69)62-32-42(65)30-46(62)50(67)58-31-36-9-11-37(12-10-36)47-35(2)59-33-74-47/h9-22,29,33,42,44,46,48,65H,23-28,30-32H2,1-7H3,(H,58,67)(H,60,66)/t42-,46+,48-/m1/s1. The summed E-state index contributed by atoms with van der Waals surface area (Å²) in [5, 5.41) is 16.8. The van der Waals surface area contributed by atoms with Crippen LogP contribution in [0, 0.1) is 25.8 Å². The Morgan fingerprint density at radius 1 is 0.932 bits per heavy atom. The van der Waals surface area contributed by atoms with E-state index in [0.29, 0.717) is 71.6 Å². The maximum absolute atomic E-state index is 14.2. The number of hydrogen-bond acceptors (Lipinski definition) is 11. The number of aliphatic hydroxyl groups is 1. The van der Waals surface area contributed by atoms with Crippen molar-refractivity contribution in [1.29, 1.82) is 0 Å². The van der Waals surface area contributed by atoms with Crippen molar-refractivity contribution in [2.75, 3.05) is 42.6 Å². The molecular formula is C56H62N8O8S2. The van der Waals surface area contributed by atoms with Crippen LogP contribution in [0.1, 0.15) is 91.4 Å². The molecule has 1 aromatic heterocycles. The van der Waals surface area contributed by atoms with Crippen molar-refractivity contribution in [2.45, 2.75) is 104 Å². The Bertz CT molecular complexity index is 2960. The Labute approximate surface area is 441 Å². The van der Waals surface area contributed by atoms with E-state index in [4.69, 9.17) is 28.3 Å². The number of rotatable bonds is 15. The molecule has 0 unspecified atom stereocenters. The average Bonchev–Trinajstić information content (AvgIpc) is 4.05. The molecule has 0 saturated carbocycles. The van der Waals surface area contributed by atoms with E-state index >= 15 is 0 Å². The lowest BCUT2D eigenvalue weighted by Gasteiger charge is -2.35. The molecule has 4 aromatic carbocycles. The third kappa shape index (κ3) is 11.5. The summed E-state index contributed by atoms with van der Waals surface area (Å²) in [6, 6.07) is 24.9. The first kappa shape index (κ1) is 53.3. The zero-order valence-electron chi connectivity index (χ0n) is 42.7. The van der Waals surface area contributed by atoms with Gasteiger partial charge in [0.2, 0.25) is 11.8 Å². The van der Waals surface area contributed by atoms with Gasteiger partial charge in [0.05, 0.1) is 41.5 Å². The van der Waals surface area contributed by atoms with Crippen molar-refractivity contribution in [3.05, 3.63) is 136 Å². The molecule has 3 atom stereocenters. The molecule has 3 N–H and O–H groups in total. The molecule has 18 heteroatoms. The van der Waals surface area contributed by atoms with Crippen molar-refractivity contribution in [2.24, 2.45) is 5.41 Å². The Balaban J connectivity index is 0.772. The number of anilines is 2. The van der Waals surface area contributed by atoms with Gasteiger partial charge in [0, 0.05) is 55.1 Å². The molecule has 74 heavy (non-hydrogen) atoms. The molecule has 3 fully saturated rings. The number of benzene rings is 4. The lowest BCUT2D eigenvalue weighted by Crippen LogP contribution is -2.57. The van der Waals surface area contributed by atoms with Crippen LogP contribution in [-0.2, 0) is 25.7 Å². The van der Waals surface area contributed by atoms with Crippen molar-refractivity contribution in [3.63, 3.8) is 0 Å². The fourth-order valence-corrected chi connectivity index (χ4v) is 10.9. The number of hydrogen-bond donors (Lipinski definition) is 3. The number of carbonyl (C=O) groups excluding carboxylic acids is 5. The molecule has 5 aromatic rings. The highest BCUT2D eigenvalue weighted by molar-refractivity contribution is 7.81. The molecule has 3 aliphatic rings. The molecule has 16 nitrogen and oxygen atoms in total. The van der Waals surface area contributed by atoms with Crippen molar-refractivity contribution in [3.8, 4) is 16.2 Å². The minimum absolute atomic E-state index is 0.0301. The predicted molar refractivity (Wildman–Crippen MR) is 288 cm³/mol. The summed E-state index contributed by atoms with van der Waals surface area (Å²) in [6.45, 7) is 22.2. The van der Waals surface area contributed by atoms with Crippen LogP contribution in [-0.4, -0.2) is 117 Å². The van der Waals surface area contributed by atoms with Gasteiger partial charge < -0.3 is 39.9 Å². The summed E-state index contributed by atoms with van der Waals surface area (Å²) >= 11 is 7.41. The Kier molecular flexibility index (Phi) is 16.0. The van der Waals surface area contributed by atoms with Crippen LogP contribution >= 0.6 is 23.6 Å². The Morgan fingerprint density at radius 3 is 2.22 bits per heavy atom. The first-order valence-corrected chi connectivity index (χ1v) is 26.0. The second-order valence-corrected chi connectivity index (χ2v) is 21.8. The van der Waals surface area contributed by atoms with Gasteiger partial charge >= 0.3 is 0 Å². The fraction of sp³-hybridized carbons (Fsp3) is 0.393. The molecule has 5 amide bonds. The van der Waals surface area contributed by atoms with Gasteiger partial charge in [-0.05, 0) is 136 Å². The van der Waals surface area contributed by atoms with Crippen molar-refractivity contribution in [1.82, 2.24) is 25.4 Å². The first-order chi connectivity index (χ1) is 35.2. The summed E-state index contributed by atoms with van der Waals surface area (Å²) < 4.78 is 12.1. The number of amides is 5. The van der Waals surface area contributed by atoms with Crippen LogP contribution in [0.15, 0.2) is 96.5 Å². The number of carbonyl (C=O) groups is 5. The number of aromatic nitrogens is 1. The molecule has 0 aliphatic carbocycles. The average molecular weight is 1040 g/mol. The smallest absolute Gasteiger partial charge is 0.259 e. The minimum Gasteiger partial charge on any atom is -0.491 e. The van der Waals surface area contributed by atoms with E-state index in [-0.39, 0.29) is 49.9 Å². The molecule has 4 heterocycles. The summed E-state index contributed by atoms with van der Waals surface area (Å²) in [6.07, 6.45) is 0.463. The summed E-state index contributed by atoms with van der Waals surface area (Å²) in [7, 11) is 0. The van der Waals surface area contributed by atoms with E-state index in [2.05, 4.69) is 20.5 Å². The molecule has 386 valence electrons. The zero-order chi connectivity index (χ0) is 53.1. The van der Waals surface area contributed by atoms with E-state index in [9.17, 15) is 29.1 Å². The maximum Gasteiger partial charge on any atom is 0.259 e. The molecule has 0 spiro atoms. The first-order valence-electron chi connectivity index (χ1n) is 24.7. The van der Waals surface area contributed by atoms with Crippen molar-refractivity contribution < 1.29 is 38.6 Å². The van der Waals surface area contributed by atoms with Gasteiger partial charge in [0.15, 0.2) is 10.8 Å². The lowest BCUT2D eigenvalue weighted by atomic mass is 9.85. The molecule has 8 rings (SSSR count). The van der Waals surface area contributed by atoms with Crippen LogP contribution in [0.5, 0.6) is 5.75 Å². The van der Waals surface area contributed by atoms with Gasteiger partial charge in [-0.3, -0.25) is 28.9 Å². The molecule has 3 aliphatic heterocycles. The normalized spacial score (nSPS) is 18.3. The number of nitrogens with zero attached hydrogens (tertiary/aromatic N) is 6. The van der Waals surface area contributed by atoms with E-state index < -0.39 is 41.0 Å². The monoisotopic (exact) mass is 1040 g/mol. The van der Waals surface area contributed by atoms with Crippen molar-refractivity contribution >= 4 is 75.3 Å². The number of β-amino-alcohol motifs (C(OH)–C–C–N with tert-alkyl or cyclic N) is 1. The van der Waals surface area contributed by atoms with Gasteiger partial charge in [-0.2, -0.15) is 0 Å². The number of likely N-dealkylation sites (tertiary alicyclic amines) is 2. The highest BCUT2D eigenvalue weighted by atomic mass is 32.1. The Morgan fingerprint density at radius 2 is 1.59 bits per heavy atom. The van der Waals surface area contributed by atoms with E-state index in [1.165, 1.54) is 9.80 Å². The minimum atomic E-state index is -0.995. The van der Waals surface area contributed by atoms with Gasteiger partial charge in [0.25, 0.3) is 17.7 Å². The maximum atomic E-state index is 14.2. The second-order valence-electron chi connectivity index (χ2n) is 20.5. The predicted octanol–water partition coefficient (Wildman–Crippen LogP) is 8.02. The van der Waals surface area contributed by atoms with E-state index in [0.717, 1.165) is 27.3 Å². The highest BCUT2D eigenvalue weighted by Gasteiger charge is 2.50. The second kappa shape index (κ2) is 22.2. The largest absolute Gasteiger partial charge is 0.491 e. The van der Waals surface area contributed by atoms with Gasteiger partial charge in [-0.1, -0.05) is 51.1 Å². The molecule has 0 radical (unpaired) electrons. The third-order valence-electron chi connectivity index (χ3n) is 13.8. The molecule has 0 bridgehead atoms. The number of piperidine rings is 1. The summed E-state index contributed by atoms with van der Waals surface area (Å²) in [4.78, 5) is 84.0. The number of thiazole rings is 1. The quantitative estimate of drug-likeness (QED) is 0.0526. The summed E-state index contributed by atoms with van der Waals surface area (Å²) in [5.41, 5.74) is 6.38. The SMILES string of the molecule is [C-]#[N+]c1ccc(N2C(=O)C(C)(C)N(c3ccc(C(=O)N4CCC(OCCOc5ccc(C(=O)N[C@H](C(=O)N6C[C@H](O)C[C@H]6C(=O)NCc6ccc(-c7scnc7C)cc6)C(C)(C)C)cc5)CC4)cc3)C2=S)cc1C. The van der Waals surface area contributed by atoms with Crippen LogP contribution in [0.4, 0.5) is 17.1 Å². The topological polar surface area (TPSA) is 178 Å². The third-order valence-corrected chi connectivity index (χ3v) is 15.2. The van der Waals surface area contributed by atoms with Crippen LogP contribution < -0.4 is 25.2 Å². The Hall–Kier alpha value is -7.04. The highest BCUT2D eigenvalue weighted by Crippen LogP contribution is 2.38. The van der Waals surface area contributed by atoms with Crippen LogP contribution in [0.3, 0.4) is 0 Å².